The first-order valence-corrected chi connectivity index (χ1v) is 10.8. The summed E-state index contributed by atoms with van der Waals surface area (Å²) in [6, 6.07) is 1.86. The minimum Gasteiger partial charge on any atom is -0.357 e. The van der Waals surface area contributed by atoms with Crippen LogP contribution in [-0.2, 0) is 0 Å². The van der Waals surface area contributed by atoms with Crippen molar-refractivity contribution in [1.82, 2.24) is 25.1 Å². The Morgan fingerprint density at radius 3 is 2.52 bits per heavy atom. The molecule has 2 heterocycles. The summed E-state index contributed by atoms with van der Waals surface area (Å²) in [4.78, 5) is 21.0. The molecule has 0 aromatic carbocycles. The van der Waals surface area contributed by atoms with E-state index in [1.807, 2.05) is 18.5 Å². The number of piperazine rings is 1. The Kier molecular flexibility index (Phi) is 9.39. The first-order chi connectivity index (χ1) is 13.5. The third-order valence-electron chi connectivity index (χ3n) is 6.29. The molecule has 7 nitrogen and oxygen atoms in total. The summed E-state index contributed by atoms with van der Waals surface area (Å²) < 4.78 is 0. The maximum atomic E-state index is 5.13. The Morgan fingerprint density at radius 2 is 1.93 bits per heavy atom. The molecule has 0 spiro atoms. The molecule has 8 heteroatoms. The molecule has 2 atom stereocenters. The smallest absolute Gasteiger partial charge is 0.225 e. The summed E-state index contributed by atoms with van der Waals surface area (Å²) >= 11 is 0. The Labute approximate surface area is 193 Å². The molecule has 1 aliphatic carbocycles. The number of hydrogen-bond acceptors (Lipinski definition) is 5. The van der Waals surface area contributed by atoms with Crippen LogP contribution in [-0.4, -0.2) is 84.6 Å². The largest absolute Gasteiger partial charge is 0.357 e. The SMILES string of the molecule is CCNC(=NCC1(N(C)C)CCCC(C)C1)N1CCN(c2ncccn2)CC1.I. The van der Waals surface area contributed by atoms with E-state index in [0.717, 1.165) is 57.1 Å². The molecule has 2 aliphatic rings. The number of aromatic nitrogens is 2. The van der Waals surface area contributed by atoms with E-state index in [2.05, 4.69) is 57.9 Å². The van der Waals surface area contributed by atoms with Crippen LogP contribution in [0.15, 0.2) is 23.5 Å². The van der Waals surface area contributed by atoms with E-state index in [-0.39, 0.29) is 29.5 Å². The molecule has 3 rings (SSSR count). The topological polar surface area (TPSA) is 59.9 Å². The second kappa shape index (κ2) is 11.3. The zero-order chi connectivity index (χ0) is 20.0. The van der Waals surface area contributed by atoms with Crippen LogP contribution in [0.5, 0.6) is 0 Å². The summed E-state index contributed by atoms with van der Waals surface area (Å²) in [5.74, 6) is 2.66. The molecule has 1 saturated carbocycles. The number of hydrogen-bond donors (Lipinski definition) is 1. The number of halogens is 1. The van der Waals surface area contributed by atoms with Gasteiger partial charge in [-0.3, -0.25) is 4.99 Å². The van der Waals surface area contributed by atoms with E-state index >= 15 is 0 Å². The fourth-order valence-corrected chi connectivity index (χ4v) is 4.54. The summed E-state index contributed by atoms with van der Waals surface area (Å²) in [6.07, 6.45) is 8.76. The van der Waals surface area contributed by atoms with Crippen molar-refractivity contribution in [3.05, 3.63) is 18.5 Å². The quantitative estimate of drug-likeness (QED) is 0.370. The molecule has 0 bridgehead atoms. The molecule has 0 radical (unpaired) electrons. The van der Waals surface area contributed by atoms with Crippen LogP contribution in [0.3, 0.4) is 0 Å². The fraction of sp³-hybridized carbons (Fsp3) is 0.762. The van der Waals surface area contributed by atoms with Crippen molar-refractivity contribution >= 4 is 35.9 Å². The lowest BCUT2D eigenvalue weighted by molar-refractivity contribution is 0.0842. The molecular formula is C21H38IN7. The standard InChI is InChI=1S/C21H37N7.HI/c1-5-22-19(25-17-21(26(3)4)9-6-8-18(2)16-21)27-12-14-28(15-13-27)20-23-10-7-11-24-20;/h7,10-11,18H,5-6,8-9,12-17H2,1-4H3,(H,22,25);1H. The van der Waals surface area contributed by atoms with E-state index in [9.17, 15) is 0 Å². The van der Waals surface area contributed by atoms with Gasteiger partial charge in [-0.2, -0.15) is 0 Å². The first-order valence-electron chi connectivity index (χ1n) is 10.8. The Balaban J connectivity index is 0.00000300. The minimum absolute atomic E-state index is 0. The van der Waals surface area contributed by atoms with E-state index in [4.69, 9.17) is 4.99 Å². The number of nitrogens with zero attached hydrogens (tertiary/aromatic N) is 6. The molecule has 164 valence electrons. The molecule has 1 aliphatic heterocycles. The van der Waals surface area contributed by atoms with Gasteiger partial charge in [-0.1, -0.05) is 19.8 Å². The normalized spacial score (nSPS) is 25.7. The maximum absolute atomic E-state index is 5.13. The third kappa shape index (κ3) is 6.16. The van der Waals surface area contributed by atoms with Gasteiger partial charge in [0, 0.05) is 50.7 Å². The molecule has 1 saturated heterocycles. The highest BCUT2D eigenvalue weighted by Crippen LogP contribution is 2.36. The molecule has 29 heavy (non-hydrogen) atoms. The third-order valence-corrected chi connectivity index (χ3v) is 6.29. The van der Waals surface area contributed by atoms with Gasteiger partial charge in [0.15, 0.2) is 5.96 Å². The number of anilines is 1. The minimum atomic E-state index is 0. The highest BCUT2D eigenvalue weighted by atomic mass is 127. The van der Waals surface area contributed by atoms with Gasteiger partial charge in [0.05, 0.1) is 6.54 Å². The van der Waals surface area contributed by atoms with Crippen molar-refractivity contribution in [3.8, 4) is 0 Å². The Morgan fingerprint density at radius 1 is 1.24 bits per heavy atom. The lowest BCUT2D eigenvalue weighted by atomic mass is 9.75. The number of rotatable bonds is 5. The van der Waals surface area contributed by atoms with Crippen molar-refractivity contribution < 1.29 is 0 Å². The Bertz CT molecular complexity index is 631. The highest BCUT2D eigenvalue weighted by Gasteiger charge is 2.37. The van der Waals surface area contributed by atoms with Crippen LogP contribution in [0, 0.1) is 5.92 Å². The summed E-state index contributed by atoms with van der Waals surface area (Å²) in [7, 11) is 4.44. The van der Waals surface area contributed by atoms with Crippen molar-refractivity contribution in [3.63, 3.8) is 0 Å². The van der Waals surface area contributed by atoms with Gasteiger partial charge in [0.25, 0.3) is 0 Å². The van der Waals surface area contributed by atoms with Gasteiger partial charge in [0.2, 0.25) is 5.95 Å². The van der Waals surface area contributed by atoms with Gasteiger partial charge in [-0.25, -0.2) is 9.97 Å². The molecule has 0 amide bonds. The molecule has 1 N–H and O–H groups in total. The molecular weight excluding hydrogens is 477 g/mol. The zero-order valence-corrected chi connectivity index (χ0v) is 20.8. The average molecular weight is 515 g/mol. The number of nitrogens with one attached hydrogen (secondary N) is 1. The predicted molar refractivity (Wildman–Crippen MR) is 131 cm³/mol. The summed E-state index contributed by atoms with van der Waals surface area (Å²) in [5.41, 5.74) is 0.192. The van der Waals surface area contributed by atoms with Crippen LogP contribution in [0.25, 0.3) is 0 Å². The molecule has 1 aromatic rings. The van der Waals surface area contributed by atoms with E-state index in [0.29, 0.717) is 0 Å². The Hall–Kier alpha value is -1.16. The van der Waals surface area contributed by atoms with Gasteiger partial charge < -0.3 is 20.0 Å². The van der Waals surface area contributed by atoms with Crippen molar-refractivity contribution in [2.45, 2.75) is 45.1 Å². The predicted octanol–water partition coefficient (Wildman–Crippen LogP) is 2.69. The van der Waals surface area contributed by atoms with Crippen LogP contribution in [0.1, 0.15) is 39.5 Å². The number of likely N-dealkylation sites (N-methyl/N-ethyl adjacent to an activating group) is 1. The van der Waals surface area contributed by atoms with E-state index in [1.54, 1.807) is 0 Å². The van der Waals surface area contributed by atoms with Crippen molar-refractivity contribution in [1.29, 1.82) is 0 Å². The van der Waals surface area contributed by atoms with Gasteiger partial charge in [-0.05, 0) is 45.8 Å². The molecule has 2 fully saturated rings. The summed E-state index contributed by atoms with van der Waals surface area (Å²) in [5, 5.41) is 3.52. The van der Waals surface area contributed by atoms with Gasteiger partial charge in [-0.15, -0.1) is 24.0 Å². The number of aliphatic imine (C=N–C) groups is 1. The van der Waals surface area contributed by atoms with Crippen LogP contribution >= 0.6 is 24.0 Å². The zero-order valence-electron chi connectivity index (χ0n) is 18.5. The van der Waals surface area contributed by atoms with Crippen LogP contribution in [0.4, 0.5) is 5.95 Å². The highest BCUT2D eigenvalue weighted by molar-refractivity contribution is 14.0. The van der Waals surface area contributed by atoms with E-state index in [1.165, 1.54) is 25.7 Å². The number of guanidine groups is 1. The fourth-order valence-electron chi connectivity index (χ4n) is 4.54. The van der Waals surface area contributed by atoms with Crippen LogP contribution < -0.4 is 10.2 Å². The van der Waals surface area contributed by atoms with Crippen molar-refractivity contribution in [2.24, 2.45) is 10.9 Å². The average Bonchev–Trinajstić information content (AvgIpc) is 2.72. The van der Waals surface area contributed by atoms with Crippen LogP contribution in [0.2, 0.25) is 0 Å². The van der Waals surface area contributed by atoms with E-state index < -0.39 is 0 Å². The molecule has 2 unspecified atom stereocenters. The second-order valence-electron chi connectivity index (χ2n) is 8.51. The van der Waals surface area contributed by atoms with Crippen molar-refractivity contribution in [2.75, 3.05) is 58.3 Å². The lowest BCUT2D eigenvalue weighted by Crippen LogP contribution is -2.54. The van der Waals surface area contributed by atoms with Gasteiger partial charge >= 0.3 is 0 Å². The maximum Gasteiger partial charge on any atom is 0.225 e. The first kappa shape index (κ1) is 24.1. The monoisotopic (exact) mass is 515 g/mol. The lowest BCUT2D eigenvalue weighted by Gasteiger charge is -2.44. The summed E-state index contributed by atoms with van der Waals surface area (Å²) in [6.45, 7) is 10.0. The second-order valence-corrected chi connectivity index (χ2v) is 8.51. The molecule has 1 aromatic heterocycles. The van der Waals surface area contributed by atoms with Gasteiger partial charge in [0.1, 0.15) is 0 Å².